The maximum Gasteiger partial charge on any atom is 0.416 e. The molecule has 1 unspecified atom stereocenters. The monoisotopic (exact) mass is 265 g/mol. The van der Waals surface area contributed by atoms with Crippen molar-refractivity contribution in [1.82, 2.24) is 0 Å². The van der Waals surface area contributed by atoms with Crippen molar-refractivity contribution in [2.24, 2.45) is 5.92 Å². The van der Waals surface area contributed by atoms with Gasteiger partial charge in [-0.3, -0.25) is 4.79 Å². The Morgan fingerprint density at radius 3 is 2.56 bits per heavy atom. The van der Waals surface area contributed by atoms with Crippen LogP contribution in [0.15, 0.2) is 18.2 Å². The maximum absolute atomic E-state index is 13.2. The molecule has 100 valence electrons. The minimum absolute atomic E-state index is 0.159. The highest BCUT2D eigenvalue weighted by Gasteiger charge is 2.31. The first-order valence-corrected chi connectivity index (χ1v) is 5.05. The van der Waals surface area contributed by atoms with Crippen molar-refractivity contribution in [3.05, 3.63) is 29.6 Å². The first-order valence-electron chi connectivity index (χ1n) is 5.05. The standard InChI is InChI=1S/C11H11F4NO2/c1-6(10(17)18)5-16-9-4-7(11(13,14)15)2-3-8(9)12/h2-4,6,16H,5H2,1H3,(H,17,18). The SMILES string of the molecule is CC(CNc1cc(C(F)(F)F)ccc1F)C(=O)O. The summed E-state index contributed by atoms with van der Waals surface area (Å²) in [6, 6.07) is 1.93. The number of carboxylic acids is 1. The van der Waals surface area contributed by atoms with Crippen LogP contribution in [0.1, 0.15) is 12.5 Å². The molecule has 18 heavy (non-hydrogen) atoms. The summed E-state index contributed by atoms with van der Waals surface area (Å²) in [4.78, 5) is 10.5. The second kappa shape index (κ2) is 5.24. The minimum atomic E-state index is -4.57. The molecule has 1 rings (SSSR count). The van der Waals surface area contributed by atoms with Crippen LogP contribution in [0.2, 0.25) is 0 Å². The Bertz CT molecular complexity index is 445. The number of nitrogens with one attached hydrogen (secondary N) is 1. The summed E-state index contributed by atoms with van der Waals surface area (Å²) in [6.07, 6.45) is -4.57. The van der Waals surface area contributed by atoms with Crippen molar-refractivity contribution >= 4 is 11.7 Å². The van der Waals surface area contributed by atoms with E-state index in [9.17, 15) is 22.4 Å². The quantitative estimate of drug-likeness (QED) is 0.823. The smallest absolute Gasteiger partial charge is 0.416 e. The molecule has 0 heterocycles. The van der Waals surface area contributed by atoms with Gasteiger partial charge in [-0.25, -0.2) is 4.39 Å². The van der Waals surface area contributed by atoms with Crippen LogP contribution in [0, 0.1) is 11.7 Å². The minimum Gasteiger partial charge on any atom is -0.481 e. The van der Waals surface area contributed by atoms with Crippen molar-refractivity contribution in [1.29, 1.82) is 0 Å². The normalized spacial score (nSPS) is 13.2. The number of alkyl halides is 3. The average Bonchev–Trinajstić information content (AvgIpc) is 2.25. The molecule has 7 heteroatoms. The Morgan fingerprint density at radius 1 is 1.44 bits per heavy atom. The molecule has 0 bridgehead atoms. The Balaban J connectivity index is 2.85. The average molecular weight is 265 g/mol. The highest BCUT2D eigenvalue weighted by atomic mass is 19.4. The number of anilines is 1. The number of rotatable bonds is 4. The van der Waals surface area contributed by atoms with E-state index in [1.165, 1.54) is 6.92 Å². The molecule has 0 saturated heterocycles. The lowest BCUT2D eigenvalue weighted by Crippen LogP contribution is -2.20. The van der Waals surface area contributed by atoms with Crippen LogP contribution in [-0.2, 0) is 11.0 Å². The third kappa shape index (κ3) is 3.61. The van der Waals surface area contributed by atoms with Gasteiger partial charge in [0, 0.05) is 6.54 Å². The highest BCUT2D eigenvalue weighted by Crippen LogP contribution is 2.31. The number of aliphatic carboxylic acids is 1. The summed E-state index contributed by atoms with van der Waals surface area (Å²) < 4.78 is 50.4. The number of carbonyl (C=O) groups is 1. The molecular weight excluding hydrogens is 254 g/mol. The van der Waals surface area contributed by atoms with E-state index in [0.29, 0.717) is 18.2 Å². The van der Waals surface area contributed by atoms with Gasteiger partial charge in [0.2, 0.25) is 0 Å². The summed E-state index contributed by atoms with van der Waals surface area (Å²) in [5, 5.41) is 11.0. The van der Waals surface area contributed by atoms with E-state index in [2.05, 4.69) is 5.32 Å². The van der Waals surface area contributed by atoms with Crippen molar-refractivity contribution in [3.8, 4) is 0 Å². The van der Waals surface area contributed by atoms with Crippen LogP contribution >= 0.6 is 0 Å². The molecule has 1 aromatic rings. The molecule has 0 aliphatic rings. The van der Waals surface area contributed by atoms with Crippen molar-refractivity contribution < 1.29 is 27.5 Å². The van der Waals surface area contributed by atoms with Gasteiger partial charge in [0.15, 0.2) is 0 Å². The molecule has 0 amide bonds. The molecule has 0 fully saturated rings. The van der Waals surface area contributed by atoms with Gasteiger partial charge in [-0.1, -0.05) is 6.92 Å². The van der Waals surface area contributed by atoms with Gasteiger partial charge in [0.05, 0.1) is 17.2 Å². The van der Waals surface area contributed by atoms with Crippen molar-refractivity contribution in [2.45, 2.75) is 13.1 Å². The van der Waals surface area contributed by atoms with E-state index in [1.54, 1.807) is 0 Å². The van der Waals surface area contributed by atoms with E-state index in [-0.39, 0.29) is 12.2 Å². The molecule has 0 saturated carbocycles. The molecule has 1 atom stereocenters. The van der Waals surface area contributed by atoms with Crippen LogP contribution in [-0.4, -0.2) is 17.6 Å². The number of carboxylic acid groups (broad SMARTS) is 1. The molecule has 0 radical (unpaired) electrons. The van der Waals surface area contributed by atoms with Gasteiger partial charge < -0.3 is 10.4 Å². The van der Waals surface area contributed by atoms with E-state index in [0.717, 1.165) is 0 Å². The maximum atomic E-state index is 13.2. The van der Waals surface area contributed by atoms with Crippen LogP contribution in [0.4, 0.5) is 23.2 Å². The van der Waals surface area contributed by atoms with Gasteiger partial charge in [0.25, 0.3) is 0 Å². The van der Waals surface area contributed by atoms with Crippen LogP contribution < -0.4 is 5.32 Å². The zero-order valence-electron chi connectivity index (χ0n) is 9.38. The summed E-state index contributed by atoms with van der Waals surface area (Å²) in [5.41, 5.74) is -1.35. The molecule has 0 aliphatic carbocycles. The lowest BCUT2D eigenvalue weighted by molar-refractivity contribution is -0.140. The van der Waals surface area contributed by atoms with Crippen LogP contribution in [0.5, 0.6) is 0 Å². The fourth-order valence-corrected chi connectivity index (χ4v) is 1.19. The predicted octanol–water partition coefficient (Wildman–Crippen LogP) is 2.98. The Hall–Kier alpha value is -1.79. The first-order chi connectivity index (χ1) is 8.21. The van der Waals surface area contributed by atoms with E-state index in [4.69, 9.17) is 5.11 Å². The topological polar surface area (TPSA) is 49.3 Å². The number of hydrogen-bond donors (Lipinski definition) is 2. The zero-order chi connectivity index (χ0) is 13.9. The van der Waals surface area contributed by atoms with Crippen LogP contribution in [0.3, 0.4) is 0 Å². The second-order valence-corrected chi connectivity index (χ2v) is 3.81. The summed E-state index contributed by atoms with van der Waals surface area (Å²) in [6.45, 7) is 1.20. The largest absolute Gasteiger partial charge is 0.481 e. The fourth-order valence-electron chi connectivity index (χ4n) is 1.19. The van der Waals surface area contributed by atoms with Gasteiger partial charge >= 0.3 is 12.1 Å². The Kier molecular flexibility index (Phi) is 4.15. The third-order valence-corrected chi connectivity index (χ3v) is 2.31. The van der Waals surface area contributed by atoms with E-state index < -0.39 is 29.4 Å². The number of benzene rings is 1. The molecule has 0 spiro atoms. The summed E-state index contributed by atoms with van der Waals surface area (Å²) >= 11 is 0. The van der Waals surface area contributed by atoms with Gasteiger partial charge in [-0.05, 0) is 18.2 Å². The lowest BCUT2D eigenvalue weighted by Gasteiger charge is -2.13. The molecule has 0 aliphatic heterocycles. The van der Waals surface area contributed by atoms with Crippen molar-refractivity contribution in [2.75, 3.05) is 11.9 Å². The first kappa shape index (κ1) is 14.3. The van der Waals surface area contributed by atoms with E-state index in [1.807, 2.05) is 0 Å². The molecule has 1 aromatic carbocycles. The number of hydrogen-bond acceptors (Lipinski definition) is 2. The Morgan fingerprint density at radius 2 is 2.06 bits per heavy atom. The fraction of sp³-hybridized carbons (Fsp3) is 0.364. The lowest BCUT2D eigenvalue weighted by atomic mass is 10.1. The van der Waals surface area contributed by atoms with Gasteiger partial charge in [-0.15, -0.1) is 0 Å². The number of halogens is 4. The van der Waals surface area contributed by atoms with Crippen LogP contribution in [0.25, 0.3) is 0 Å². The summed E-state index contributed by atoms with van der Waals surface area (Å²) in [7, 11) is 0. The molecular formula is C11H11F4NO2. The van der Waals surface area contributed by atoms with E-state index >= 15 is 0 Å². The predicted molar refractivity (Wildman–Crippen MR) is 56.7 cm³/mol. The second-order valence-electron chi connectivity index (χ2n) is 3.81. The Labute approximate surface area is 100 Å². The van der Waals surface area contributed by atoms with Crippen molar-refractivity contribution in [3.63, 3.8) is 0 Å². The van der Waals surface area contributed by atoms with Gasteiger partial charge in [0.1, 0.15) is 5.82 Å². The molecule has 3 nitrogen and oxygen atoms in total. The summed E-state index contributed by atoms with van der Waals surface area (Å²) in [5.74, 6) is -2.81. The highest BCUT2D eigenvalue weighted by molar-refractivity contribution is 5.70. The van der Waals surface area contributed by atoms with Gasteiger partial charge in [-0.2, -0.15) is 13.2 Å². The zero-order valence-corrected chi connectivity index (χ0v) is 9.38. The molecule has 0 aromatic heterocycles. The molecule has 2 N–H and O–H groups in total. The third-order valence-electron chi connectivity index (χ3n) is 2.31.